The number of hydrogen-bond donors (Lipinski definition) is 0. The van der Waals surface area contributed by atoms with Gasteiger partial charge in [0.2, 0.25) is 0 Å². The largest absolute Gasteiger partial charge is 0.461 e. The Morgan fingerprint density at radius 1 is 1.11 bits per heavy atom. The van der Waals surface area contributed by atoms with Crippen LogP contribution >= 0.6 is 0 Å². The highest BCUT2D eigenvalue weighted by Gasteiger charge is 2.13. The number of ether oxygens (including phenoxy) is 1. The normalized spacial score (nSPS) is 12.1. The van der Waals surface area contributed by atoms with E-state index in [2.05, 4.69) is 6.92 Å². The molecule has 0 unspecified atom stereocenters. The molecule has 0 bridgehead atoms. The first-order valence-corrected chi connectivity index (χ1v) is 7.44. The summed E-state index contributed by atoms with van der Waals surface area (Å²) in [5.41, 5.74) is 1.05. The molecule has 2 heteroatoms. The van der Waals surface area contributed by atoms with Gasteiger partial charge in [0.25, 0.3) is 0 Å². The van der Waals surface area contributed by atoms with E-state index in [0.29, 0.717) is 6.61 Å². The molecule has 106 valence electrons. The molecule has 0 amide bonds. The van der Waals surface area contributed by atoms with Gasteiger partial charge in [-0.1, -0.05) is 76.3 Å². The molecule has 0 aromatic heterocycles. The van der Waals surface area contributed by atoms with Crippen molar-refractivity contribution in [3.05, 3.63) is 35.9 Å². The number of carbonyl (C=O) groups is 1. The van der Waals surface area contributed by atoms with Gasteiger partial charge in [0.15, 0.2) is 0 Å². The van der Waals surface area contributed by atoms with Gasteiger partial charge < -0.3 is 4.74 Å². The zero-order valence-corrected chi connectivity index (χ0v) is 12.2. The van der Waals surface area contributed by atoms with E-state index < -0.39 is 0 Å². The van der Waals surface area contributed by atoms with Crippen LogP contribution in [0.1, 0.15) is 57.9 Å². The quantitative estimate of drug-likeness (QED) is 0.475. The molecule has 0 saturated carbocycles. The Morgan fingerprint density at radius 2 is 1.79 bits per heavy atom. The van der Waals surface area contributed by atoms with Crippen LogP contribution in [0.3, 0.4) is 0 Å². The molecule has 1 aromatic carbocycles. The number of unbranched alkanes of at least 4 members (excludes halogenated alkanes) is 4. The van der Waals surface area contributed by atoms with E-state index in [9.17, 15) is 4.79 Å². The zero-order valence-electron chi connectivity index (χ0n) is 12.2. The minimum atomic E-state index is -0.0701. The molecule has 1 atom stereocenters. The summed E-state index contributed by atoms with van der Waals surface area (Å²) in [6.45, 7) is 4.57. The third-order valence-electron chi connectivity index (χ3n) is 3.37. The van der Waals surface area contributed by atoms with Crippen LogP contribution in [-0.4, -0.2) is 5.97 Å². The van der Waals surface area contributed by atoms with Gasteiger partial charge in [-0.05, 0) is 12.0 Å². The van der Waals surface area contributed by atoms with E-state index in [1.54, 1.807) is 0 Å². The zero-order chi connectivity index (χ0) is 13.9. The number of benzene rings is 1. The second kappa shape index (κ2) is 9.60. The van der Waals surface area contributed by atoms with Gasteiger partial charge in [0, 0.05) is 0 Å². The summed E-state index contributed by atoms with van der Waals surface area (Å²) in [4.78, 5) is 11.8. The van der Waals surface area contributed by atoms with Crippen molar-refractivity contribution in [2.75, 3.05) is 0 Å². The van der Waals surface area contributed by atoms with Gasteiger partial charge in [0.1, 0.15) is 6.61 Å². The summed E-state index contributed by atoms with van der Waals surface area (Å²) >= 11 is 0. The maximum Gasteiger partial charge on any atom is 0.308 e. The van der Waals surface area contributed by atoms with Crippen LogP contribution in [0.2, 0.25) is 0 Å². The maximum absolute atomic E-state index is 11.8. The average Bonchev–Trinajstić information content (AvgIpc) is 2.45. The molecule has 19 heavy (non-hydrogen) atoms. The lowest BCUT2D eigenvalue weighted by Crippen LogP contribution is -2.14. The highest BCUT2D eigenvalue weighted by molar-refractivity contribution is 5.71. The molecular weight excluding hydrogens is 236 g/mol. The highest BCUT2D eigenvalue weighted by atomic mass is 16.5. The molecule has 0 saturated heterocycles. The van der Waals surface area contributed by atoms with Gasteiger partial charge in [-0.25, -0.2) is 0 Å². The predicted molar refractivity (Wildman–Crippen MR) is 78.8 cm³/mol. The summed E-state index contributed by atoms with van der Waals surface area (Å²) in [5, 5.41) is 0. The average molecular weight is 262 g/mol. The Labute approximate surface area is 117 Å². The molecule has 0 radical (unpaired) electrons. The summed E-state index contributed by atoms with van der Waals surface area (Å²) in [6, 6.07) is 9.83. The molecule has 0 heterocycles. The van der Waals surface area contributed by atoms with E-state index in [0.717, 1.165) is 18.4 Å². The first-order valence-electron chi connectivity index (χ1n) is 7.44. The highest BCUT2D eigenvalue weighted by Crippen LogP contribution is 2.13. The van der Waals surface area contributed by atoms with Crippen molar-refractivity contribution in [1.82, 2.24) is 0 Å². The molecular formula is C17H26O2. The van der Waals surface area contributed by atoms with Gasteiger partial charge in [-0.3, -0.25) is 4.79 Å². The summed E-state index contributed by atoms with van der Waals surface area (Å²) in [7, 11) is 0. The molecule has 0 spiro atoms. The summed E-state index contributed by atoms with van der Waals surface area (Å²) < 4.78 is 5.33. The Balaban J connectivity index is 2.14. The first kappa shape index (κ1) is 15.7. The van der Waals surface area contributed by atoms with Crippen molar-refractivity contribution in [2.24, 2.45) is 5.92 Å². The Bertz CT molecular complexity index is 346. The molecule has 0 fully saturated rings. The van der Waals surface area contributed by atoms with E-state index >= 15 is 0 Å². The van der Waals surface area contributed by atoms with Gasteiger partial charge in [0.05, 0.1) is 5.92 Å². The van der Waals surface area contributed by atoms with Crippen molar-refractivity contribution >= 4 is 5.97 Å². The number of rotatable bonds is 9. The van der Waals surface area contributed by atoms with Crippen LogP contribution in [-0.2, 0) is 16.1 Å². The lowest BCUT2D eigenvalue weighted by atomic mass is 10.0. The topological polar surface area (TPSA) is 26.3 Å². The van der Waals surface area contributed by atoms with Gasteiger partial charge in [-0.2, -0.15) is 0 Å². The second-order valence-corrected chi connectivity index (χ2v) is 5.20. The van der Waals surface area contributed by atoms with Gasteiger partial charge in [-0.15, -0.1) is 0 Å². The van der Waals surface area contributed by atoms with Crippen molar-refractivity contribution in [2.45, 2.75) is 59.0 Å². The molecule has 2 nitrogen and oxygen atoms in total. The maximum atomic E-state index is 11.8. The standard InChI is InChI=1S/C17H26O2/c1-3-4-5-6-8-11-15(2)17(18)19-14-16-12-9-7-10-13-16/h7,9-10,12-13,15H,3-6,8,11,14H2,1-2H3/t15-/m0/s1. The summed E-state index contributed by atoms with van der Waals surface area (Å²) in [6.07, 6.45) is 7.13. The monoisotopic (exact) mass is 262 g/mol. The van der Waals surface area contributed by atoms with Gasteiger partial charge >= 0.3 is 5.97 Å². The minimum Gasteiger partial charge on any atom is -0.461 e. The second-order valence-electron chi connectivity index (χ2n) is 5.20. The van der Waals surface area contributed by atoms with Crippen molar-refractivity contribution in [3.63, 3.8) is 0 Å². The van der Waals surface area contributed by atoms with Crippen molar-refractivity contribution in [3.8, 4) is 0 Å². The number of esters is 1. The fourth-order valence-electron chi connectivity index (χ4n) is 2.04. The van der Waals surface area contributed by atoms with Crippen LogP contribution in [0.25, 0.3) is 0 Å². The molecule has 0 aliphatic carbocycles. The van der Waals surface area contributed by atoms with Crippen LogP contribution in [0.15, 0.2) is 30.3 Å². The smallest absolute Gasteiger partial charge is 0.308 e. The van der Waals surface area contributed by atoms with E-state index in [4.69, 9.17) is 4.74 Å². The Kier molecular flexibility index (Phi) is 7.95. The molecule has 0 aliphatic rings. The predicted octanol–water partition coefficient (Wildman–Crippen LogP) is 4.73. The molecule has 0 N–H and O–H groups in total. The number of hydrogen-bond acceptors (Lipinski definition) is 2. The third-order valence-corrected chi connectivity index (χ3v) is 3.37. The Morgan fingerprint density at radius 3 is 2.47 bits per heavy atom. The van der Waals surface area contributed by atoms with Crippen molar-refractivity contribution in [1.29, 1.82) is 0 Å². The lowest BCUT2D eigenvalue weighted by Gasteiger charge is -2.11. The SMILES string of the molecule is CCCCCCC[C@H](C)C(=O)OCc1ccccc1. The van der Waals surface area contributed by atoms with Crippen molar-refractivity contribution < 1.29 is 9.53 Å². The fourth-order valence-corrected chi connectivity index (χ4v) is 2.04. The minimum absolute atomic E-state index is 0.0188. The fraction of sp³-hybridized carbons (Fsp3) is 0.588. The van der Waals surface area contributed by atoms with E-state index in [1.165, 1.54) is 25.7 Å². The van der Waals surface area contributed by atoms with Crippen LogP contribution in [0.4, 0.5) is 0 Å². The van der Waals surface area contributed by atoms with Crippen LogP contribution in [0.5, 0.6) is 0 Å². The first-order chi connectivity index (χ1) is 9.24. The summed E-state index contributed by atoms with van der Waals surface area (Å²) in [5.74, 6) is -0.0512. The van der Waals surface area contributed by atoms with E-state index in [-0.39, 0.29) is 11.9 Å². The lowest BCUT2D eigenvalue weighted by molar-refractivity contribution is -0.149. The number of carbonyl (C=O) groups excluding carboxylic acids is 1. The Hall–Kier alpha value is -1.31. The third kappa shape index (κ3) is 7.00. The molecule has 1 rings (SSSR count). The molecule has 1 aromatic rings. The van der Waals surface area contributed by atoms with Crippen LogP contribution < -0.4 is 0 Å². The van der Waals surface area contributed by atoms with Crippen LogP contribution in [0, 0.1) is 5.92 Å². The van der Waals surface area contributed by atoms with E-state index in [1.807, 2.05) is 37.3 Å². The molecule has 0 aliphatic heterocycles.